The lowest BCUT2D eigenvalue weighted by molar-refractivity contribution is -0.137. The van der Waals surface area contributed by atoms with Gasteiger partial charge in [-0.05, 0) is 62.3 Å². The van der Waals surface area contributed by atoms with Gasteiger partial charge in [-0.2, -0.15) is 0 Å². The Hall–Kier alpha value is -2.67. The number of aliphatic hydroxyl groups is 2. The molecule has 5 rings (SSSR count). The summed E-state index contributed by atoms with van der Waals surface area (Å²) in [6.45, 7) is 3.11. The van der Waals surface area contributed by atoms with Crippen molar-refractivity contribution in [3.63, 3.8) is 0 Å². The number of nitrogens with zero attached hydrogens (tertiary/aromatic N) is 1. The van der Waals surface area contributed by atoms with Crippen molar-refractivity contribution >= 4 is 11.7 Å². The number of anilines is 1. The number of aliphatic hydroxyl groups excluding tert-OH is 1. The van der Waals surface area contributed by atoms with Gasteiger partial charge in [-0.15, -0.1) is 0 Å². The molecule has 34 heavy (non-hydrogen) atoms. The summed E-state index contributed by atoms with van der Waals surface area (Å²) in [7, 11) is 1.43. The van der Waals surface area contributed by atoms with E-state index in [0.29, 0.717) is 18.4 Å². The third-order valence-electron chi connectivity index (χ3n) is 7.95. The molecule has 0 radical (unpaired) electrons. The average Bonchev–Trinajstić information content (AvgIpc) is 3.17. The lowest BCUT2D eigenvalue weighted by Crippen LogP contribution is -2.61. The number of hydrogen-bond donors (Lipinski definition) is 3. The highest BCUT2D eigenvalue weighted by molar-refractivity contribution is 5.92. The smallest absolute Gasteiger partial charge is 0.335 e. The zero-order valence-corrected chi connectivity index (χ0v) is 20.0. The molecule has 2 heterocycles. The van der Waals surface area contributed by atoms with Crippen LogP contribution in [0.15, 0.2) is 65.9 Å². The molecule has 3 N–H and O–H groups in total. The van der Waals surface area contributed by atoms with E-state index in [4.69, 9.17) is 4.74 Å². The summed E-state index contributed by atoms with van der Waals surface area (Å²) >= 11 is 0. The number of piperidine rings is 1. The summed E-state index contributed by atoms with van der Waals surface area (Å²) in [6.07, 6.45) is 2.81. The number of hydrogen-bond acceptors (Lipinski definition) is 6. The molecule has 0 unspecified atom stereocenters. The van der Waals surface area contributed by atoms with Crippen molar-refractivity contribution in [1.82, 2.24) is 4.90 Å². The number of esters is 1. The van der Waals surface area contributed by atoms with E-state index in [-0.39, 0.29) is 30.0 Å². The molecule has 6 heteroatoms. The Morgan fingerprint density at radius 3 is 2.68 bits per heavy atom. The number of para-hydroxylation sites is 1. The normalized spacial score (nSPS) is 27.8. The Morgan fingerprint density at radius 1 is 1.21 bits per heavy atom. The van der Waals surface area contributed by atoms with Crippen LogP contribution in [0.4, 0.5) is 5.69 Å². The number of methoxy groups -OCH3 is 1. The summed E-state index contributed by atoms with van der Waals surface area (Å²) in [5.74, 6) is -0.348. The standard InChI is InChI=1S/C28H34N2O4/c1-27(33,18-31)16-20-15-21(26(32)34-2)24-28(22-11-6-7-12-23(22)29-24)13-8-14-30(25(20)28)17-19-9-4-3-5-10-19/h3-7,9-12,20,25,29,31,33H,8,13-18H2,1-2H3/t20-,25-,27-,28-/m0/s1. The molecule has 6 nitrogen and oxygen atoms in total. The molecule has 0 bridgehead atoms. The van der Waals surface area contributed by atoms with Gasteiger partial charge >= 0.3 is 5.97 Å². The van der Waals surface area contributed by atoms with Crippen LogP contribution in [0.1, 0.15) is 43.7 Å². The molecule has 3 aliphatic rings. The molecule has 180 valence electrons. The van der Waals surface area contributed by atoms with E-state index in [2.05, 4.69) is 52.7 Å². The fraction of sp³-hybridized carbons (Fsp3) is 0.464. The zero-order valence-electron chi connectivity index (χ0n) is 20.0. The highest BCUT2D eigenvalue weighted by Crippen LogP contribution is 2.59. The summed E-state index contributed by atoms with van der Waals surface area (Å²) in [5.41, 5.74) is 3.50. The van der Waals surface area contributed by atoms with Gasteiger partial charge < -0.3 is 20.3 Å². The topological polar surface area (TPSA) is 82.0 Å². The van der Waals surface area contributed by atoms with E-state index in [9.17, 15) is 15.0 Å². The van der Waals surface area contributed by atoms with E-state index < -0.39 is 5.60 Å². The van der Waals surface area contributed by atoms with Crippen LogP contribution in [0, 0.1) is 5.92 Å². The molecule has 0 saturated carbocycles. The fourth-order valence-electron chi connectivity index (χ4n) is 6.73. The molecule has 1 saturated heterocycles. The number of carbonyl (C=O) groups excluding carboxylic acids is 1. The number of rotatable bonds is 6. The SMILES string of the molecule is COC(=O)C1=C2Nc3ccccc3[C@@]23CCCN(Cc2ccccc2)[C@H]3[C@H](C[C@](C)(O)CO)C1. The van der Waals surface area contributed by atoms with Crippen LogP contribution in [0.25, 0.3) is 0 Å². The minimum Gasteiger partial charge on any atom is -0.466 e. The predicted molar refractivity (Wildman–Crippen MR) is 131 cm³/mol. The van der Waals surface area contributed by atoms with Crippen molar-refractivity contribution in [2.24, 2.45) is 5.92 Å². The molecular weight excluding hydrogens is 428 g/mol. The Labute approximate surface area is 201 Å². The first-order valence-electron chi connectivity index (χ1n) is 12.2. The van der Waals surface area contributed by atoms with Gasteiger partial charge in [0.05, 0.1) is 30.3 Å². The first-order chi connectivity index (χ1) is 16.4. The maximum absolute atomic E-state index is 13.0. The maximum Gasteiger partial charge on any atom is 0.335 e. The van der Waals surface area contributed by atoms with Crippen LogP contribution in [0.2, 0.25) is 0 Å². The molecule has 2 aliphatic heterocycles. The highest BCUT2D eigenvalue weighted by Gasteiger charge is 2.59. The summed E-state index contributed by atoms with van der Waals surface area (Å²) in [5, 5.41) is 24.5. The summed E-state index contributed by atoms with van der Waals surface area (Å²) in [4.78, 5) is 15.6. The second-order valence-electron chi connectivity index (χ2n) is 10.3. The fourth-order valence-corrected chi connectivity index (χ4v) is 6.73. The van der Waals surface area contributed by atoms with Crippen LogP contribution in [-0.2, 0) is 21.5 Å². The molecule has 1 fully saturated rings. The van der Waals surface area contributed by atoms with Crippen molar-refractivity contribution in [3.8, 4) is 0 Å². The van der Waals surface area contributed by atoms with Gasteiger partial charge in [-0.1, -0.05) is 48.5 Å². The Bertz CT molecular complexity index is 1100. The van der Waals surface area contributed by atoms with Gasteiger partial charge in [-0.25, -0.2) is 4.79 Å². The highest BCUT2D eigenvalue weighted by atomic mass is 16.5. The van der Waals surface area contributed by atoms with Crippen molar-refractivity contribution in [3.05, 3.63) is 77.0 Å². The van der Waals surface area contributed by atoms with Crippen molar-refractivity contribution < 1.29 is 19.7 Å². The third kappa shape index (κ3) is 3.74. The second kappa shape index (κ2) is 8.84. The minimum absolute atomic E-state index is 0.0306. The largest absolute Gasteiger partial charge is 0.466 e. The van der Waals surface area contributed by atoms with Crippen molar-refractivity contribution in [1.29, 1.82) is 0 Å². The van der Waals surface area contributed by atoms with Gasteiger partial charge in [0.25, 0.3) is 0 Å². The van der Waals surface area contributed by atoms with Crippen LogP contribution in [-0.4, -0.2) is 53.0 Å². The third-order valence-corrected chi connectivity index (χ3v) is 7.95. The first kappa shape index (κ1) is 23.1. The van der Waals surface area contributed by atoms with Crippen LogP contribution < -0.4 is 5.32 Å². The van der Waals surface area contributed by atoms with Crippen molar-refractivity contribution in [2.45, 2.75) is 56.2 Å². The molecule has 4 atom stereocenters. The van der Waals surface area contributed by atoms with Gasteiger partial charge in [0.2, 0.25) is 0 Å². The number of nitrogens with one attached hydrogen (secondary N) is 1. The van der Waals surface area contributed by atoms with E-state index in [1.165, 1.54) is 18.2 Å². The zero-order chi connectivity index (χ0) is 23.9. The van der Waals surface area contributed by atoms with Gasteiger partial charge in [0, 0.05) is 24.0 Å². The minimum atomic E-state index is -1.23. The molecule has 1 spiro atoms. The average molecular weight is 463 g/mol. The van der Waals surface area contributed by atoms with E-state index in [0.717, 1.165) is 37.3 Å². The van der Waals surface area contributed by atoms with Crippen LogP contribution in [0.5, 0.6) is 0 Å². The quantitative estimate of drug-likeness (QED) is 0.569. The van der Waals surface area contributed by atoms with E-state index in [1.54, 1.807) is 6.92 Å². The predicted octanol–water partition coefficient (Wildman–Crippen LogP) is 3.59. The Balaban J connectivity index is 1.69. The van der Waals surface area contributed by atoms with Crippen LogP contribution in [0.3, 0.4) is 0 Å². The molecule has 0 aromatic heterocycles. The number of likely N-dealkylation sites (tertiary alicyclic amines) is 1. The summed E-state index contributed by atoms with van der Waals surface area (Å²) in [6, 6.07) is 18.9. The number of benzene rings is 2. The Morgan fingerprint density at radius 2 is 1.94 bits per heavy atom. The second-order valence-corrected chi connectivity index (χ2v) is 10.3. The maximum atomic E-state index is 13.0. The van der Waals surface area contributed by atoms with E-state index >= 15 is 0 Å². The molecule has 1 aliphatic carbocycles. The first-order valence-corrected chi connectivity index (χ1v) is 12.2. The number of fused-ring (bicyclic) bond motifs is 1. The van der Waals surface area contributed by atoms with E-state index in [1.807, 2.05) is 12.1 Å². The van der Waals surface area contributed by atoms with Crippen molar-refractivity contribution in [2.75, 3.05) is 25.6 Å². The number of ether oxygens (including phenoxy) is 1. The number of carbonyl (C=O) groups is 1. The van der Waals surface area contributed by atoms with Crippen LogP contribution >= 0.6 is 0 Å². The van der Waals surface area contributed by atoms with Gasteiger partial charge in [-0.3, -0.25) is 4.90 Å². The van der Waals surface area contributed by atoms with Gasteiger partial charge in [0.1, 0.15) is 0 Å². The lowest BCUT2D eigenvalue weighted by Gasteiger charge is -2.55. The molecule has 2 aromatic rings. The molecule has 0 amide bonds. The Kier molecular flexibility index (Phi) is 6.00. The molecule has 2 aromatic carbocycles. The lowest BCUT2D eigenvalue weighted by atomic mass is 9.57. The monoisotopic (exact) mass is 462 g/mol. The summed E-state index contributed by atoms with van der Waals surface area (Å²) < 4.78 is 5.24. The molecular formula is C28H34N2O4. The van der Waals surface area contributed by atoms with Gasteiger partial charge in [0.15, 0.2) is 0 Å².